The van der Waals surface area contributed by atoms with Crippen molar-refractivity contribution < 1.29 is 8.68 Å². The monoisotopic (exact) mass is 320 g/mol. The SMILES string of the molecule is [2H]C([2H])([2H])c1ccccc1-c1c[n+](C)c(-c2cn3ccnc3n2C)cc1C. The molecule has 0 N–H and O–H groups in total. The zero-order valence-electron chi connectivity index (χ0n) is 17.0. The third-order valence-electron chi connectivity index (χ3n) is 4.53. The lowest BCUT2D eigenvalue weighted by molar-refractivity contribution is -0.660. The van der Waals surface area contributed by atoms with Crippen LogP contribution in [0, 0.1) is 13.8 Å². The molecule has 0 unspecified atom stereocenters. The van der Waals surface area contributed by atoms with Crippen LogP contribution < -0.4 is 4.57 Å². The maximum Gasteiger partial charge on any atom is 0.230 e. The third kappa shape index (κ3) is 2.14. The zero-order chi connectivity index (χ0) is 19.3. The van der Waals surface area contributed by atoms with Crippen LogP contribution in [0.25, 0.3) is 28.3 Å². The molecule has 1 aromatic carbocycles. The van der Waals surface area contributed by atoms with Crippen LogP contribution in [0.5, 0.6) is 0 Å². The summed E-state index contributed by atoms with van der Waals surface area (Å²) in [7, 11) is 3.97. The summed E-state index contributed by atoms with van der Waals surface area (Å²) in [6.07, 6.45) is 7.75. The zero-order valence-corrected chi connectivity index (χ0v) is 14.0. The Morgan fingerprint density at radius 2 is 2.00 bits per heavy atom. The van der Waals surface area contributed by atoms with Crippen LogP contribution in [0.4, 0.5) is 0 Å². The highest BCUT2D eigenvalue weighted by molar-refractivity contribution is 5.70. The highest BCUT2D eigenvalue weighted by atomic mass is 15.2. The van der Waals surface area contributed by atoms with Gasteiger partial charge in [-0.05, 0) is 30.5 Å². The van der Waals surface area contributed by atoms with Gasteiger partial charge in [-0.1, -0.05) is 24.3 Å². The van der Waals surface area contributed by atoms with Gasteiger partial charge >= 0.3 is 0 Å². The van der Waals surface area contributed by atoms with E-state index in [2.05, 4.69) is 11.1 Å². The van der Waals surface area contributed by atoms with E-state index in [-0.39, 0.29) is 0 Å². The molecule has 0 saturated carbocycles. The molecule has 0 spiro atoms. The van der Waals surface area contributed by atoms with Crippen molar-refractivity contribution in [3.8, 4) is 22.5 Å². The number of aryl methyl sites for hydroxylation is 4. The molecule has 3 aromatic heterocycles. The summed E-state index contributed by atoms with van der Waals surface area (Å²) in [6.45, 7) is -0.132. The first-order chi connectivity index (χ1) is 12.8. The number of imidazole rings is 2. The van der Waals surface area contributed by atoms with Gasteiger partial charge in [-0.25, -0.2) is 4.98 Å². The van der Waals surface area contributed by atoms with E-state index in [9.17, 15) is 0 Å². The van der Waals surface area contributed by atoms with E-state index in [4.69, 9.17) is 4.11 Å². The summed E-state index contributed by atoms with van der Waals surface area (Å²) < 4.78 is 29.6. The van der Waals surface area contributed by atoms with Gasteiger partial charge in [0.05, 0.1) is 0 Å². The fourth-order valence-corrected chi connectivity index (χ4v) is 3.23. The normalized spacial score (nSPS) is 13.7. The Labute approximate surface area is 145 Å². The van der Waals surface area contributed by atoms with Crippen LogP contribution in [0.15, 0.2) is 55.1 Å². The standard InChI is InChI=1S/C20H21N4/c1-14-7-5-6-8-16(14)17-12-22(3)18(11-15(17)2)19-13-24-10-9-21-20(24)23(19)4/h5-13H,1-4H3/q+1/i1D3. The fourth-order valence-electron chi connectivity index (χ4n) is 3.23. The number of pyridine rings is 1. The lowest BCUT2D eigenvalue weighted by Gasteiger charge is -2.10. The molecule has 0 bridgehead atoms. The summed E-state index contributed by atoms with van der Waals surface area (Å²) in [4.78, 5) is 4.37. The number of hydrogen-bond acceptors (Lipinski definition) is 1. The molecule has 0 amide bonds. The maximum absolute atomic E-state index is 7.85. The minimum Gasteiger partial charge on any atom is -0.308 e. The van der Waals surface area contributed by atoms with Crippen LogP contribution in [0.2, 0.25) is 0 Å². The minimum absolute atomic E-state index is 0.373. The highest BCUT2D eigenvalue weighted by Gasteiger charge is 2.19. The molecule has 24 heavy (non-hydrogen) atoms. The number of aromatic nitrogens is 4. The number of nitrogens with zero attached hydrogens (tertiary/aromatic N) is 4. The molecule has 3 heterocycles. The van der Waals surface area contributed by atoms with Crippen LogP contribution in [-0.4, -0.2) is 14.0 Å². The first-order valence-electron chi connectivity index (χ1n) is 9.36. The van der Waals surface area contributed by atoms with Crippen molar-refractivity contribution in [1.29, 1.82) is 0 Å². The Morgan fingerprint density at radius 3 is 2.79 bits per heavy atom. The van der Waals surface area contributed by atoms with E-state index in [1.165, 1.54) is 0 Å². The van der Waals surface area contributed by atoms with Crippen molar-refractivity contribution in [1.82, 2.24) is 14.0 Å². The summed E-state index contributed by atoms with van der Waals surface area (Å²) in [5.74, 6) is 0.875. The van der Waals surface area contributed by atoms with E-state index in [1.54, 1.807) is 18.3 Å². The molecule has 0 fully saturated rings. The average molecular weight is 320 g/mol. The van der Waals surface area contributed by atoms with Gasteiger partial charge in [-0.2, -0.15) is 4.57 Å². The van der Waals surface area contributed by atoms with Crippen molar-refractivity contribution in [2.75, 3.05) is 0 Å². The average Bonchev–Trinajstić information content (AvgIpc) is 3.19. The molecule has 0 saturated heterocycles. The number of hydrogen-bond donors (Lipinski definition) is 0. The quantitative estimate of drug-likeness (QED) is 0.520. The predicted molar refractivity (Wildman–Crippen MR) is 95.7 cm³/mol. The van der Waals surface area contributed by atoms with E-state index in [0.29, 0.717) is 5.56 Å². The second-order valence-corrected chi connectivity index (χ2v) is 6.12. The number of benzene rings is 1. The molecule has 0 aliphatic heterocycles. The Bertz CT molecular complexity index is 1150. The molecule has 0 aliphatic rings. The molecule has 120 valence electrons. The first kappa shape index (κ1) is 11.6. The Balaban J connectivity index is 1.89. The smallest absolute Gasteiger partial charge is 0.230 e. The van der Waals surface area contributed by atoms with E-state index >= 15 is 0 Å². The van der Waals surface area contributed by atoms with Crippen molar-refractivity contribution in [3.63, 3.8) is 0 Å². The van der Waals surface area contributed by atoms with Gasteiger partial charge in [0, 0.05) is 41.4 Å². The van der Waals surface area contributed by atoms with E-state index in [0.717, 1.165) is 33.9 Å². The van der Waals surface area contributed by atoms with E-state index < -0.39 is 6.85 Å². The lowest BCUT2D eigenvalue weighted by Crippen LogP contribution is -2.31. The maximum atomic E-state index is 7.85. The van der Waals surface area contributed by atoms with Gasteiger partial charge in [-0.3, -0.25) is 4.40 Å². The molecule has 0 radical (unpaired) electrons. The molecule has 4 aromatic rings. The second kappa shape index (κ2) is 5.34. The largest absolute Gasteiger partial charge is 0.308 e. The molecule has 0 aliphatic carbocycles. The first-order valence-corrected chi connectivity index (χ1v) is 7.86. The van der Waals surface area contributed by atoms with Gasteiger partial charge in [0.1, 0.15) is 12.7 Å². The molecule has 4 heteroatoms. The second-order valence-electron chi connectivity index (χ2n) is 6.12. The van der Waals surface area contributed by atoms with Gasteiger partial charge < -0.3 is 4.57 Å². The molecular formula is C20H21N4+. The van der Waals surface area contributed by atoms with Crippen LogP contribution in [0.1, 0.15) is 15.2 Å². The summed E-state index contributed by atoms with van der Waals surface area (Å²) in [5, 5.41) is 0. The molecule has 0 atom stereocenters. The Kier molecular flexibility index (Phi) is 2.59. The van der Waals surface area contributed by atoms with Crippen LogP contribution in [-0.2, 0) is 14.1 Å². The van der Waals surface area contributed by atoms with Crippen molar-refractivity contribution >= 4 is 5.78 Å². The summed E-state index contributed by atoms with van der Waals surface area (Å²) in [6, 6.07) is 9.31. The predicted octanol–water partition coefficient (Wildman–Crippen LogP) is 3.45. The Morgan fingerprint density at radius 1 is 1.17 bits per heavy atom. The molecular weight excluding hydrogens is 296 g/mol. The highest BCUT2D eigenvalue weighted by Crippen LogP contribution is 2.28. The van der Waals surface area contributed by atoms with E-state index in [1.807, 2.05) is 65.3 Å². The topological polar surface area (TPSA) is 26.1 Å². The van der Waals surface area contributed by atoms with Gasteiger partial charge in [0.25, 0.3) is 0 Å². The summed E-state index contributed by atoms with van der Waals surface area (Å²) >= 11 is 0. The number of rotatable bonds is 2. The van der Waals surface area contributed by atoms with Gasteiger partial charge in [0.2, 0.25) is 11.5 Å². The minimum atomic E-state index is -2.15. The van der Waals surface area contributed by atoms with Crippen LogP contribution in [0.3, 0.4) is 0 Å². The van der Waals surface area contributed by atoms with Crippen molar-refractivity contribution in [2.24, 2.45) is 14.1 Å². The van der Waals surface area contributed by atoms with Gasteiger partial charge in [0.15, 0.2) is 6.20 Å². The number of fused-ring (bicyclic) bond motifs is 1. The van der Waals surface area contributed by atoms with Crippen molar-refractivity contribution in [2.45, 2.75) is 13.8 Å². The van der Waals surface area contributed by atoms with Crippen LogP contribution >= 0.6 is 0 Å². The molecule has 4 nitrogen and oxygen atoms in total. The fraction of sp³-hybridized carbons (Fsp3) is 0.200. The lowest BCUT2D eigenvalue weighted by atomic mass is 9.97. The molecule has 4 rings (SSSR count). The van der Waals surface area contributed by atoms with Crippen molar-refractivity contribution in [3.05, 3.63) is 66.2 Å². The third-order valence-corrected chi connectivity index (χ3v) is 4.53. The summed E-state index contributed by atoms with van der Waals surface area (Å²) in [5.41, 5.74) is 5.15. The van der Waals surface area contributed by atoms with Gasteiger partial charge in [-0.15, -0.1) is 0 Å². The Hall–Kier alpha value is -2.88.